The second-order valence-corrected chi connectivity index (χ2v) is 7.10. The van der Waals surface area contributed by atoms with Crippen molar-refractivity contribution in [3.8, 4) is 11.3 Å². The Morgan fingerprint density at radius 3 is 2.19 bits per heavy atom. The number of amides is 1. The predicted molar refractivity (Wildman–Crippen MR) is 95.7 cm³/mol. The lowest BCUT2D eigenvalue weighted by atomic mass is 10.1. The van der Waals surface area contributed by atoms with Crippen LogP contribution >= 0.6 is 0 Å². The maximum atomic E-state index is 12.2. The van der Waals surface area contributed by atoms with Gasteiger partial charge in [0.05, 0.1) is 10.6 Å². The summed E-state index contributed by atoms with van der Waals surface area (Å²) in [6, 6.07) is 19.5. The van der Waals surface area contributed by atoms with Crippen LogP contribution in [0.15, 0.2) is 82.5 Å². The third-order valence-electron chi connectivity index (χ3n) is 3.53. The van der Waals surface area contributed by atoms with Crippen LogP contribution in [0, 0.1) is 0 Å². The Bertz CT molecular complexity index is 1080. The number of hydrogen-bond donors (Lipinski definition) is 1. The molecule has 8 heteroatoms. The summed E-state index contributed by atoms with van der Waals surface area (Å²) in [4.78, 5) is 24.0. The van der Waals surface area contributed by atoms with E-state index in [1.165, 1.54) is 18.2 Å². The summed E-state index contributed by atoms with van der Waals surface area (Å²) >= 11 is 0. The molecule has 26 heavy (non-hydrogen) atoms. The number of rotatable bonds is 5. The molecule has 0 bridgehead atoms. The molecule has 3 aromatic rings. The molecule has 1 N–H and O–H groups in total. The van der Waals surface area contributed by atoms with E-state index in [9.17, 15) is 18.0 Å². The zero-order valence-corrected chi connectivity index (χ0v) is 14.4. The van der Waals surface area contributed by atoms with Crippen molar-refractivity contribution >= 4 is 15.9 Å². The monoisotopic (exact) mass is 369 g/mol. The first-order chi connectivity index (χ1) is 12.5. The van der Waals surface area contributed by atoms with Crippen molar-refractivity contribution in [2.75, 3.05) is 0 Å². The minimum absolute atomic E-state index is 0.0355. The fourth-order valence-corrected chi connectivity index (χ4v) is 3.30. The van der Waals surface area contributed by atoms with E-state index in [4.69, 9.17) is 0 Å². The van der Waals surface area contributed by atoms with E-state index >= 15 is 0 Å². The molecule has 3 rings (SSSR count). The lowest BCUT2D eigenvalue weighted by Gasteiger charge is -2.09. The number of nitrogens with zero attached hydrogens (tertiary/aromatic N) is 2. The van der Waals surface area contributed by atoms with Crippen LogP contribution < -0.4 is 10.3 Å². The van der Waals surface area contributed by atoms with Crippen LogP contribution in [-0.2, 0) is 21.4 Å². The van der Waals surface area contributed by atoms with Gasteiger partial charge in [0.15, 0.2) is 0 Å². The fourth-order valence-electron chi connectivity index (χ4n) is 2.30. The molecule has 0 unspecified atom stereocenters. The summed E-state index contributed by atoms with van der Waals surface area (Å²) in [7, 11) is -4.00. The molecular weight excluding hydrogens is 354 g/mol. The number of aromatic nitrogens is 2. The average molecular weight is 369 g/mol. The number of carbonyl (C=O) groups is 1. The smallest absolute Gasteiger partial charge is 0.267 e. The van der Waals surface area contributed by atoms with Crippen molar-refractivity contribution in [3.63, 3.8) is 0 Å². The molecule has 7 nitrogen and oxygen atoms in total. The zero-order valence-electron chi connectivity index (χ0n) is 13.6. The summed E-state index contributed by atoms with van der Waals surface area (Å²) in [6.07, 6.45) is 0. The van der Waals surface area contributed by atoms with Gasteiger partial charge in [-0.25, -0.2) is 17.8 Å². The highest BCUT2D eigenvalue weighted by Crippen LogP contribution is 2.14. The third kappa shape index (κ3) is 4.04. The molecule has 0 atom stereocenters. The van der Waals surface area contributed by atoms with Crippen LogP contribution in [0.1, 0.15) is 0 Å². The van der Waals surface area contributed by atoms with E-state index in [1.54, 1.807) is 24.3 Å². The van der Waals surface area contributed by atoms with Crippen molar-refractivity contribution in [2.24, 2.45) is 0 Å². The summed E-state index contributed by atoms with van der Waals surface area (Å²) in [5, 5.41) is 4.13. The first-order valence-electron chi connectivity index (χ1n) is 7.70. The van der Waals surface area contributed by atoms with E-state index in [1.807, 2.05) is 35.1 Å². The minimum atomic E-state index is -4.00. The highest BCUT2D eigenvalue weighted by Gasteiger charge is 2.18. The van der Waals surface area contributed by atoms with Crippen molar-refractivity contribution in [3.05, 3.63) is 83.2 Å². The van der Waals surface area contributed by atoms with Gasteiger partial charge in [-0.2, -0.15) is 5.10 Å². The molecule has 0 saturated heterocycles. The standard InChI is InChI=1S/C18H15N3O4S/c22-17(20-26(24,25)15-9-5-2-6-10-15)13-21-18(23)12-11-16(19-21)14-7-3-1-4-8-14/h1-12H,13H2,(H,20,22). The largest absolute Gasteiger partial charge is 0.272 e. The van der Waals surface area contributed by atoms with Gasteiger partial charge in [0, 0.05) is 11.6 Å². The molecule has 0 aliphatic carbocycles. The molecule has 0 aliphatic rings. The first-order valence-corrected chi connectivity index (χ1v) is 9.18. The lowest BCUT2D eigenvalue weighted by molar-refractivity contribution is -0.120. The topological polar surface area (TPSA) is 98.1 Å². The van der Waals surface area contributed by atoms with Crippen molar-refractivity contribution in [1.29, 1.82) is 0 Å². The lowest BCUT2D eigenvalue weighted by Crippen LogP contribution is -2.36. The summed E-state index contributed by atoms with van der Waals surface area (Å²) < 4.78 is 27.2. The first kappa shape index (κ1) is 17.6. The summed E-state index contributed by atoms with van der Waals surface area (Å²) in [5.41, 5.74) is 0.777. The SMILES string of the molecule is O=C(Cn1nc(-c2ccccc2)ccc1=O)NS(=O)(=O)c1ccccc1. The molecule has 1 amide bonds. The quantitative estimate of drug-likeness (QED) is 0.733. The van der Waals surface area contributed by atoms with Crippen molar-refractivity contribution in [1.82, 2.24) is 14.5 Å². The molecule has 0 fully saturated rings. The van der Waals surface area contributed by atoms with Crippen LogP contribution in [0.25, 0.3) is 11.3 Å². The number of nitrogens with one attached hydrogen (secondary N) is 1. The average Bonchev–Trinajstić information content (AvgIpc) is 2.64. The van der Waals surface area contributed by atoms with Crippen molar-refractivity contribution < 1.29 is 13.2 Å². The van der Waals surface area contributed by atoms with Gasteiger partial charge in [0.1, 0.15) is 6.54 Å². The maximum absolute atomic E-state index is 12.2. The summed E-state index contributed by atoms with van der Waals surface area (Å²) in [5.74, 6) is -0.853. The Labute approximate surface area is 150 Å². The van der Waals surface area contributed by atoms with Gasteiger partial charge in [-0.15, -0.1) is 0 Å². The van der Waals surface area contributed by atoms with E-state index < -0.39 is 28.0 Å². The zero-order chi connectivity index (χ0) is 18.6. The van der Waals surface area contributed by atoms with Gasteiger partial charge in [-0.1, -0.05) is 48.5 Å². The van der Waals surface area contributed by atoms with E-state index in [0.717, 1.165) is 10.2 Å². The van der Waals surface area contributed by atoms with Crippen LogP contribution in [-0.4, -0.2) is 24.1 Å². The number of hydrogen-bond acceptors (Lipinski definition) is 5. The van der Waals surface area contributed by atoms with Crippen LogP contribution in [0.4, 0.5) is 0 Å². The van der Waals surface area contributed by atoms with Gasteiger partial charge in [0.2, 0.25) is 0 Å². The van der Waals surface area contributed by atoms with Crippen LogP contribution in [0.2, 0.25) is 0 Å². The molecule has 2 aromatic carbocycles. The second kappa shape index (κ2) is 7.32. The molecule has 0 radical (unpaired) electrons. The Hall–Kier alpha value is -3.26. The Morgan fingerprint density at radius 2 is 1.54 bits per heavy atom. The van der Waals surface area contributed by atoms with Gasteiger partial charge in [-0.3, -0.25) is 9.59 Å². The van der Waals surface area contributed by atoms with Gasteiger partial charge in [0.25, 0.3) is 21.5 Å². The number of benzene rings is 2. The number of carbonyl (C=O) groups excluding carboxylic acids is 1. The molecule has 0 spiro atoms. The molecular formula is C18H15N3O4S. The normalized spacial score (nSPS) is 11.1. The van der Waals surface area contributed by atoms with Crippen molar-refractivity contribution in [2.45, 2.75) is 11.4 Å². The highest BCUT2D eigenvalue weighted by molar-refractivity contribution is 7.90. The molecule has 0 saturated carbocycles. The molecule has 132 valence electrons. The van der Waals surface area contributed by atoms with E-state index in [0.29, 0.717) is 5.69 Å². The fraction of sp³-hybridized carbons (Fsp3) is 0.0556. The Balaban J connectivity index is 1.81. The minimum Gasteiger partial charge on any atom is -0.272 e. The van der Waals surface area contributed by atoms with Crippen LogP contribution in [0.5, 0.6) is 0 Å². The number of sulfonamides is 1. The summed E-state index contributed by atoms with van der Waals surface area (Å²) in [6.45, 7) is -0.508. The second-order valence-electron chi connectivity index (χ2n) is 5.42. The molecule has 0 aliphatic heterocycles. The van der Waals surface area contributed by atoms with Gasteiger partial charge >= 0.3 is 0 Å². The Morgan fingerprint density at radius 1 is 0.923 bits per heavy atom. The molecule has 1 heterocycles. The predicted octanol–water partition coefficient (Wildman–Crippen LogP) is 1.42. The Kier molecular flexibility index (Phi) is 4.94. The van der Waals surface area contributed by atoms with E-state index in [2.05, 4.69) is 5.10 Å². The maximum Gasteiger partial charge on any atom is 0.267 e. The highest BCUT2D eigenvalue weighted by atomic mass is 32.2. The van der Waals surface area contributed by atoms with Gasteiger partial charge < -0.3 is 0 Å². The van der Waals surface area contributed by atoms with Crippen LogP contribution in [0.3, 0.4) is 0 Å². The third-order valence-corrected chi connectivity index (χ3v) is 4.92. The van der Waals surface area contributed by atoms with Gasteiger partial charge in [-0.05, 0) is 18.2 Å². The molecule has 1 aromatic heterocycles. The van der Waals surface area contributed by atoms with E-state index in [-0.39, 0.29) is 4.90 Å².